The molecule has 2 nitrogen and oxygen atoms in total. The van der Waals surface area contributed by atoms with Crippen molar-refractivity contribution in [2.75, 3.05) is 6.54 Å². The number of nitrogens with zero attached hydrogens (tertiary/aromatic N) is 2. The van der Waals surface area contributed by atoms with Crippen LogP contribution in [0.4, 0.5) is 0 Å². The minimum absolute atomic E-state index is 0.325. The van der Waals surface area contributed by atoms with Crippen molar-refractivity contribution in [2.45, 2.75) is 24.8 Å². The Balaban J connectivity index is 1.14. The van der Waals surface area contributed by atoms with Crippen LogP contribution in [0, 0.1) is 0 Å². The van der Waals surface area contributed by atoms with E-state index in [2.05, 4.69) is 207 Å². The van der Waals surface area contributed by atoms with Gasteiger partial charge in [-0.2, -0.15) is 0 Å². The van der Waals surface area contributed by atoms with Crippen LogP contribution in [0.3, 0.4) is 0 Å². The lowest BCUT2D eigenvalue weighted by Crippen LogP contribution is -2.69. The van der Waals surface area contributed by atoms with Gasteiger partial charge in [-0.25, -0.2) is 4.99 Å². The van der Waals surface area contributed by atoms with Gasteiger partial charge in [0.15, 0.2) is 13.9 Å². The molecule has 2 aliphatic carbocycles. The third-order valence-corrected chi connectivity index (χ3v) is 19.0. The smallest absolute Gasteiger partial charge is 0.156 e. The Bertz CT molecular complexity index is 3090. The highest BCUT2D eigenvalue weighted by Gasteiger charge is 2.46. The second kappa shape index (κ2) is 18.2. The zero-order valence-electron chi connectivity index (χ0n) is 35.3. The van der Waals surface area contributed by atoms with Gasteiger partial charge in [-0.3, -0.25) is 4.99 Å². The first kappa shape index (κ1) is 40.1. The number of amidine groups is 1. The van der Waals surface area contributed by atoms with Gasteiger partial charge in [0.25, 0.3) is 0 Å². The maximum atomic E-state index is 5.19. The number of thiophene rings is 1. The van der Waals surface area contributed by atoms with Gasteiger partial charge in [0.05, 0.1) is 12.3 Å². The predicted octanol–water partition coefficient (Wildman–Crippen LogP) is 13.4. The molecule has 0 aliphatic heterocycles. The molecule has 0 spiro atoms. The van der Waals surface area contributed by atoms with Crippen LogP contribution in [0.2, 0.25) is 5.54 Å². The summed E-state index contributed by atoms with van der Waals surface area (Å²) in [5.41, 5.74) is 9.14. The van der Waals surface area contributed by atoms with Crippen LogP contribution in [0.1, 0.15) is 30.4 Å². The summed E-state index contributed by atoms with van der Waals surface area (Å²) in [5, 5.41) is 7.08. The van der Waals surface area contributed by atoms with E-state index >= 15 is 0 Å². The number of fused-ring (bicyclic) bond motifs is 3. The third-order valence-electron chi connectivity index (χ3n) is 12.6. The van der Waals surface area contributed by atoms with Crippen molar-refractivity contribution in [3.63, 3.8) is 0 Å². The molecule has 8 aromatic rings. The molecule has 0 N–H and O–H groups in total. The van der Waals surface area contributed by atoms with Crippen LogP contribution in [0.15, 0.2) is 247 Å². The van der Waals surface area contributed by atoms with E-state index in [4.69, 9.17) is 9.98 Å². The molecule has 304 valence electrons. The summed E-state index contributed by atoms with van der Waals surface area (Å²) in [5.74, 6) is 0.705. The summed E-state index contributed by atoms with van der Waals surface area (Å²) in [6, 6.07) is 64.9. The molecule has 1 unspecified atom stereocenters. The van der Waals surface area contributed by atoms with E-state index < -0.39 is 8.07 Å². The largest absolute Gasteiger partial charge is 0.262 e. The number of allylic oxidation sites excluding steroid dienone is 8. The molecule has 0 fully saturated rings. The lowest BCUT2D eigenvalue weighted by molar-refractivity contribution is 0.915. The highest BCUT2D eigenvalue weighted by atomic mass is 32.1. The Morgan fingerprint density at radius 2 is 1.29 bits per heavy atom. The van der Waals surface area contributed by atoms with Crippen molar-refractivity contribution in [2.24, 2.45) is 9.98 Å². The average molecular weight is 845 g/mol. The molecule has 1 atom stereocenters. The van der Waals surface area contributed by atoms with E-state index in [0.717, 1.165) is 47.2 Å². The first-order chi connectivity index (χ1) is 31.2. The van der Waals surface area contributed by atoms with Crippen molar-refractivity contribution in [1.29, 1.82) is 0 Å². The predicted molar refractivity (Wildman–Crippen MR) is 275 cm³/mol. The Morgan fingerprint density at radius 1 is 0.619 bits per heavy atom. The molecule has 0 saturated carbocycles. The van der Waals surface area contributed by atoms with E-state index in [9.17, 15) is 0 Å². The maximum Gasteiger partial charge on any atom is 0.156 e. The molecule has 7 aromatic carbocycles. The van der Waals surface area contributed by atoms with E-state index in [-0.39, 0.29) is 0 Å². The Kier molecular flexibility index (Phi) is 11.6. The summed E-state index contributed by atoms with van der Waals surface area (Å²) in [7, 11) is -2.76. The van der Waals surface area contributed by atoms with E-state index in [0.29, 0.717) is 17.9 Å². The first-order valence-corrected chi connectivity index (χ1v) is 24.9. The van der Waals surface area contributed by atoms with Crippen molar-refractivity contribution < 1.29 is 0 Å². The molecular weight excluding hydrogens is 797 g/mol. The lowest BCUT2D eigenvalue weighted by Gasteiger charge is -2.40. The fourth-order valence-electron chi connectivity index (χ4n) is 9.56. The van der Waals surface area contributed by atoms with Gasteiger partial charge in [0.1, 0.15) is 0 Å². The van der Waals surface area contributed by atoms with Gasteiger partial charge < -0.3 is 0 Å². The highest BCUT2D eigenvalue weighted by molar-refractivity contribution is 7.26. The molecule has 0 radical (unpaired) electrons. The molecule has 4 heteroatoms. The number of hydrogen-bond donors (Lipinski definition) is 0. The molecule has 10 rings (SSSR count). The maximum absolute atomic E-state index is 5.19. The van der Waals surface area contributed by atoms with Crippen LogP contribution in [-0.4, -0.2) is 26.2 Å². The second-order valence-electron chi connectivity index (χ2n) is 16.4. The number of benzene rings is 7. The van der Waals surface area contributed by atoms with Crippen molar-refractivity contribution >= 4 is 66.7 Å². The fraction of sp³-hybridized carbons (Fsp3) is 0.0847. The Labute approximate surface area is 376 Å². The van der Waals surface area contributed by atoms with Crippen LogP contribution >= 0.6 is 11.3 Å². The fourth-order valence-corrected chi connectivity index (χ4v) is 16.4. The SMILES string of the molecule is C=C/C(=N\C(=N/CC1=CC=CCC1)c1cccc(-c2cccc(-c3cc([Si](c4ccccc4)(c4ccccc4)C4C=CC=CC4)c4c(c3)sc3ccccc34)c2)c1)c1ccccc1. The van der Waals surface area contributed by atoms with Crippen molar-refractivity contribution in [3.05, 3.63) is 248 Å². The summed E-state index contributed by atoms with van der Waals surface area (Å²) in [6.07, 6.45) is 20.8. The summed E-state index contributed by atoms with van der Waals surface area (Å²) in [4.78, 5) is 10.4. The first-order valence-electron chi connectivity index (χ1n) is 22.0. The minimum Gasteiger partial charge on any atom is -0.262 e. The average Bonchev–Trinajstić information content (AvgIpc) is 3.75. The van der Waals surface area contributed by atoms with Gasteiger partial charge in [-0.15, -0.1) is 11.3 Å². The topological polar surface area (TPSA) is 24.7 Å². The highest BCUT2D eigenvalue weighted by Crippen LogP contribution is 2.40. The number of rotatable bonds is 11. The normalized spacial score (nSPS) is 15.5. The minimum atomic E-state index is -2.76. The van der Waals surface area contributed by atoms with Crippen molar-refractivity contribution in [1.82, 2.24) is 0 Å². The molecule has 63 heavy (non-hydrogen) atoms. The monoisotopic (exact) mass is 844 g/mol. The zero-order chi connectivity index (χ0) is 42.4. The van der Waals surface area contributed by atoms with E-state index in [1.165, 1.54) is 52.4 Å². The Morgan fingerprint density at radius 3 is 1.98 bits per heavy atom. The summed E-state index contributed by atoms with van der Waals surface area (Å²) in [6.45, 7) is 4.75. The van der Waals surface area contributed by atoms with Crippen LogP contribution in [-0.2, 0) is 0 Å². The molecular formula is C59H48N2SSi. The quantitative estimate of drug-likeness (QED) is 0.0536. The third kappa shape index (κ3) is 8.00. The lowest BCUT2D eigenvalue weighted by atomic mass is 9.97. The molecule has 1 heterocycles. The molecule has 0 saturated heterocycles. The molecule has 0 amide bonds. The summed E-state index contributed by atoms with van der Waals surface area (Å²) < 4.78 is 2.65. The second-order valence-corrected chi connectivity index (χ2v) is 21.5. The van der Waals surface area contributed by atoms with Crippen LogP contribution in [0.25, 0.3) is 42.4 Å². The van der Waals surface area contributed by atoms with Gasteiger partial charge in [0, 0.05) is 31.3 Å². The number of hydrogen-bond acceptors (Lipinski definition) is 2. The number of aliphatic imine (C=N–C) groups is 2. The van der Waals surface area contributed by atoms with E-state index in [1.54, 1.807) is 0 Å². The van der Waals surface area contributed by atoms with Gasteiger partial charge in [0.2, 0.25) is 0 Å². The van der Waals surface area contributed by atoms with Crippen LogP contribution < -0.4 is 15.6 Å². The standard InChI is InChI=1S/C59H48N2SSi/c1-2-54(44-24-10-4-11-25-44)61-59(60-42-43-22-8-3-9-23-43)48-29-21-27-46(39-48)45-26-20-28-47(38-45)49-40-56-58(53-36-18-19-37-55(53)62-56)57(41-49)63(50-30-12-5-13-31-50,51-32-14-6-15-33-51)52-34-16-7-17-35-52/h2-8,10-22,24-34,36-41,52H,1,9,23,35,42H2/b60-59-,61-54+. The van der Waals surface area contributed by atoms with Gasteiger partial charge in [-0.1, -0.05) is 201 Å². The van der Waals surface area contributed by atoms with Gasteiger partial charge in [-0.05, 0) is 98.5 Å². The molecule has 1 aromatic heterocycles. The Hall–Kier alpha value is -6.98. The van der Waals surface area contributed by atoms with E-state index in [1.807, 2.05) is 35.6 Å². The van der Waals surface area contributed by atoms with Crippen molar-refractivity contribution in [3.8, 4) is 22.3 Å². The summed E-state index contributed by atoms with van der Waals surface area (Å²) >= 11 is 1.91. The molecule has 0 bridgehead atoms. The van der Waals surface area contributed by atoms with Crippen LogP contribution in [0.5, 0.6) is 0 Å². The molecule has 2 aliphatic rings. The zero-order valence-corrected chi connectivity index (χ0v) is 37.1. The van der Waals surface area contributed by atoms with Gasteiger partial charge >= 0.3 is 0 Å².